The van der Waals surface area contributed by atoms with E-state index in [0.29, 0.717) is 52.5 Å². The number of fused-ring (bicyclic) bond motifs is 5. The molecule has 19 nitrogen and oxygen atoms in total. The van der Waals surface area contributed by atoms with Crippen LogP contribution < -0.4 is 16.2 Å². The van der Waals surface area contributed by atoms with Crippen molar-refractivity contribution in [3.8, 4) is 11.4 Å². The number of imide groups is 1. The highest BCUT2D eigenvalue weighted by Crippen LogP contribution is 2.48. The van der Waals surface area contributed by atoms with E-state index < -0.39 is 109 Å². The topological polar surface area (TPSA) is 258 Å². The fourth-order valence-corrected chi connectivity index (χ4v) is 11.1. The van der Waals surface area contributed by atoms with Gasteiger partial charge in [-0.25, -0.2) is 14.2 Å². The van der Waals surface area contributed by atoms with E-state index in [0.717, 1.165) is 9.80 Å². The van der Waals surface area contributed by atoms with E-state index >= 15 is 4.39 Å². The van der Waals surface area contributed by atoms with Crippen molar-refractivity contribution in [2.24, 2.45) is 5.92 Å². The minimum absolute atomic E-state index is 0.0130. The number of aromatic nitrogens is 2. The van der Waals surface area contributed by atoms with E-state index in [9.17, 15) is 66.2 Å². The molecule has 23 heteroatoms. The number of aliphatic hydroxyl groups is 1. The van der Waals surface area contributed by atoms with Crippen LogP contribution in [-0.4, -0.2) is 123 Å². The Labute approximate surface area is 462 Å². The van der Waals surface area contributed by atoms with Gasteiger partial charge in [0.05, 0.1) is 54.8 Å². The molecule has 5 amide bonds. The number of aryl methyl sites for hydroxylation is 1. The zero-order valence-corrected chi connectivity index (χ0v) is 45.2. The number of benzene rings is 2. The molecule has 1 unspecified atom stereocenters. The van der Waals surface area contributed by atoms with Crippen LogP contribution in [0.5, 0.6) is 0 Å². The first-order chi connectivity index (χ1) is 38.4. The average Bonchev–Trinajstić information content (AvgIpc) is 4.17. The van der Waals surface area contributed by atoms with Crippen molar-refractivity contribution in [3.05, 3.63) is 109 Å². The molecule has 81 heavy (non-hydrogen) atoms. The third-order valence-corrected chi connectivity index (χ3v) is 15.6. The first kappa shape index (κ1) is 59.3. The van der Waals surface area contributed by atoms with E-state index in [1.165, 1.54) is 36.7 Å². The smallest absolute Gasteiger partial charge is 0.423 e. The fraction of sp³-hybridized carbons (Fsp3) is 0.466. The summed E-state index contributed by atoms with van der Waals surface area (Å²) in [4.78, 5) is 136. The van der Waals surface area contributed by atoms with Gasteiger partial charge in [0.1, 0.15) is 18.2 Å². The Kier molecular flexibility index (Phi) is 18.0. The SMILES string of the molecule is CC[C@@]1(O)C(=O)OCc2c1cc1n(c2=O)Cc2c-1nc1cc(F)c(C)c3c1c2[C@@H](N(C)C(=O)C(OCCC(=O)CNC(=O)[C@@H](CC(=O)CNC(=O)CCC(=O)CCCCCN1C(=O)C=C(C)C1=O)Cc1ccccc1)C(F)(F)F)CC3. The van der Waals surface area contributed by atoms with Gasteiger partial charge in [-0.05, 0) is 80.7 Å². The Morgan fingerprint density at radius 2 is 1.64 bits per heavy atom. The molecule has 0 spiro atoms. The van der Waals surface area contributed by atoms with Crippen molar-refractivity contribution < 1.29 is 75.3 Å². The number of esters is 1. The Morgan fingerprint density at radius 3 is 2.33 bits per heavy atom. The maximum atomic E-state index is 15.5. The Balaban J connectivity index is 0.863. The van der Waals surface area contributed by atoms with Gasteiger partial charge >= 0.3 is 12.1 Å². The van der Waals surface area contributed by atoms with Gasteiger partial charge in [-0.1, -0.05) is 43.7 Å². The van der Waals surface area contributed by atoms with Crippen LogP contribution in [0.25, 0.3) is 22.3 Å². The first-order valence-electron chi connectivity index (χ1n) is 26.9. The first-order valence-corrected chi connectivity index (χ1v) is 26.9. The molecule has 2 aromatic carbocycles. The molecule has 4 aliphatic rings. The number of Topliss-reactive ketones (excluding diaryl/α,β-unsaturated/α-hetero) is 3. The maximum Gasteiger partial charge on any atom is 0.423 e. The lowest BCUT2D eigenvalue weighted by molar-refractivity contribution is -0.224. The number of carbonyl (C=O) groups is 9. The van der Waals surface area contributed by atoms with E-state index in [4.69, 9.17) is 14.5 Å². The molecule has 8 rings (SSSR count). The summed E-state index contributed by atoms with van der Waals surface area (Å²) in [5.74, 6) is -7.56. The molecular weight excluding hydrogens is 1060 g/mol. The Morgan fingerprint density at radius 1 is 0.914 bits per heavy atom. The lowest BCUT2D eigenvalue weighted by atomic mass is 9.81. The maximum absolute atomic E-state index is 15.5. The lowest BCUT2D eigenvalue weighted by Crippen LogP contribution is -2.48. The van der Waals surface area contributed by atoms with E-state index in [2.05, 4.69) is 10.6 Å². The van der Waals surface area contributed by atoms with Gasteiger partial charge in [0.15, 0.2) is 17.2 Å². The molecular formula is C58H62F4N6O13. The van der Waals surface area contributed by atoms with Crippen molar-refractivity contribution in [2.75, 3.05) is 33.3 Å². The third-order valence-electron chi connectivity index (χ3n) is 15.6. The summed E-state index contributed by atoms with van der Waals surface area (Å²) in [6.07, 6.45) is -6.50. The molecule has 3 N–H and O–H groups in total. The number of amides is 5. The number of hydrogen-bond acceptors (Lipinski definition) is 14. The fourth-order valence-electron chi connectivity index (χ4n) is 11.1. The summed E-state index contributed by atoms with van der Waals surface area (Å²) in [7, 11) is 1.17. The second-order valence-corrected chi connectivity index (χ2v) is 21.0. The Hall–Kier alpha value is -7.79. The number of nitrogens with zero attached hydrogens (tertiary/aromatic N) is 4. The van der Waals surface area contributed by atoms with Gasteiger partial charge in [-0.3, -0.25) is 48.1 Å². The average molecular weight is 1130 g/mol. The molecule has 0 fully saturated rings. The van der Waals surface area contributed by atoms with Crippen LogP contribution >= 0.6 is 0 Å². The quantitative estimate of drug-likeness (QED) is 0.0296. The van der Waals surface area contributed by atoms with Crippen molar-refractivity contribution in [2.45, 2.75) is 135 Å². The minimum atomic E-state index is -5.28. The van der Waals surface area contributed by atoms with Crippen LogP contribution in [0.15, 0.2) is 58.9 Å². The number of likely N-dealkylation sites (N-methyl/N-ethyl adjacent to an activating group) is 1. The molecule has 430 valence electrons. The number of ketones is 3. The van der Waals surface area contributed by atoms with Crippen LogP contribution in [0.3, 0.4) is 0 Å². The zero-order chi connectivity index (χ0) is 58.7. The predicted octanol–water partition coefficient (Wildman–Crippen LogP) is 5.15. The van der Waals surface area contributed by atoms with Crippen molar-refractivity contribution in [1.82, 2.24) is 30.0 Å². The molecule has 0 saturated carbocycles. The number of hydrogen-bond donors (Lipinski definition) is 3. The van der Waals surface area contributed by atoms with Crippen LogP contribution in [0.2, 0.25) is 0 Å². The van der Waals surface area contributed by atoms with Gasteiger partial charge < -0.3 is 34.7 Å². The van der Waals surface area contributed by atoms with Gasteiger partial charge in [-0.2, -0.15) is 13.2 Å². The van der Waals surface area contributed by atoms with E-state index in [1.807, 2.05) is 0 Å². The van der Waals surface area contributed by atoms with Crippen molar-refractivity contribution >= 4 is 63.8 Å². The van der Waals surface area contributed by atoms with Crippen LogP contribution in [-0.2, 0) is 84.2 Å². The highest BCUT2D eigenvalue weighted by atomic mass is 19.4. The van der Waals surface area contributed by atoms with Gasteiger partial charge in [0.25, 0.3) is 23.3 Å². The Bertz CT molecular complexity index is 3340. The zero-order valence-electron chi connectivity index (χ0n) is 45.2. The number of pyridine rings is 2. The molecule has 0 bridgehead atoms. The number of nitrogens with one attached hydrogen (secondary N) is 2. The summed E-state index contributed by atoms with van der Waals surface area (Å²) in [6.45, 7) is 2.31. The predicted molar refractivity (Wildman–Crippen MR) is 281 cm³/mol. The van der Waals surface area contributed by atoms with Gasteiger partial charge in [0, 0.05) is 85.8 Å². The van der Waals surface area contributed by atoms with Crippen LogP contribution in [0, 0.1) is 18.7 Å². The summed E-state index contributed by atoms with van der Waals surface area (Å²) in [6, 6.07) is 10.1. The second kappa shape index (κ2) is 24.5. The second-order valence-electron chi connectivity index (χ2n) is 21.0. The molecule has 5 heterocycles. The van der Waals surface area contributed by atoms with Crippen LogP contribution in [0.4, 0.5) is 17.6 Å². The third kappa shape index (κ3) is 12.6. The van der Waals surface area contributed by atoms with Gasteiger partial charge in [-0.15, -0.1) is 0 Å². The number of unbranched alkanes of at least 4 members (excludes halogenated alkanes) is 2. The molecule has 2 aromatic heterocycles. The van der Waals surface area contributed by atoms with Crippen molar-refractivity contribution in [3.63, 3.8) is 0 Å². The summed E-state index contributed by atoms with van der Waals surface area (Å²) >= 11 is 0. The molecule has 3 aliphatic heterocycles. The molecule has 4 aromatic rings. The number of ether oxygens (including phenoxy) is 2. The number of cyclic esters (lactones) is 1. The number of rotatable bonds is 25. The normalized spacial score (nSPS) is 17.9. The van der Waals surface area contributed by atoms with Gasteiger partial charge in [0.2, 0.25) is 17.9 Å². The summed E-state index contributed by atoms with van der Waals surface area (Å²) < 4.78 is 71.8. The van der Waals surface area contributed by atoms with Crippen molar-refractivity contribution in [1.29, 1.82) is 0 Å². The highest BCUT2D eigenvalue weighted by Gasteiger charge is 2.50. The van der Waals surface area contributed by atoms with E-state index in [-0.39, 0.29) is 116 Å². The number of halogens is 4. The van der Waals surface area contributed by atoms with E-state index in [1.54, 1.807) is 44.2 Å². The number of carbonyl (C=O) groups excluding carboxylic acids is 9. The molecule has 0 radical (unpaired) electrons. The minimum Gasteiger partial charge on any atom is -0.458 e. The lowest BCUT2D eigenvalue weighted by Gasteiger charge is -2.37. The summed E-state index contributed by atoms with van der Waals surface area (Å²) in [5.41, 5.74) is 0.244. The van der Waals surface area contributed by atoms with Crippen LogP contribution in [0.1, 0.15) is 123 Å². The molecule has 0 saturated heterocycles. The molecule has 4 atom stereocenters. The number of alkyl halides is 3. The highest BCUT2D eigenvalue weighted by molar-refractivity contribution is 6.15. The largest absolute Gasteiger partial charge is 0.458 e. The monoisotopic (exact) mass is 1130 g/mol. The standard InChI is InChI=1S/C58H62F4N6O13/c1-5-57(79)41-25-45-50-39(29-68(45)54(76)40(41)30-81-56(57)78)49-44(17-16-38-32(3)42(59)26-43(65-50)48(38)49)66(4)55(77)51(58(60,61)62)80-21-19-36(70)27-64-52(74)34(23-33-12-8-6-9-13-33)24-37(71)28-63-46(72)18-15-35(69)14-10-7-11-20-67-47(73)22-31(2)53(67)75/h6,8-9,12-13,22,25-26,34,44,51,79H,5,7,10-11,14-21,23-24,27-30H2,1-4H3,(H,63,72)(H,64,74)/t34-,44+,51?,57+/m1/s1. The molecule has 1 aliphatic carbocycles. The summed E-state index contributed by atoms with van der Waals surface area (Å²) in [5, 5.41) is 16.7.